The number of pyridine rings is 1. The molecule has 3 N–H and O–H groups in total. The Balaban J connectivity index is 0.00000177. The SMILES string of the molecule is C=C(/C=C(C#N)\C=C/C)c1ccc2c(O)c(C(=O)NCC)c(=O)n(C)c2c1.CC.O=CO. The summed E-state index contributed by atoms with van der Waals surface area (Å²) >= 11 is 0. The smallest absolute Gasteiger partial charge is 0.290 e. The molecule has 0 unspecified atom stereocenters. The molecule has 1 aromatic carbocycles. The minimum atomic E-state index is -0.612. The van der Waals surface area contributed by atoms with E-state index in [1.165, 1.54) is 11.6 Å². The molecule has 1 heterocycles. The fourth-order valence-electron chi connectivity index (χ4n) is 2.74. The second-order valence-corrected chi connectivity index (χ2v) is 6.02. The lowest BCUT2D eigenvalue weighted by Crippen LogP contribution is -2.32. The summed E-state index contributed by atoms with van der Waals surface area (Å²) in [4.78, 5) is 33.1. The van der Waals surface area contributed by atoms with Crippen LogP contribution in [0.1, 0.15) is 43.6 Å². The Labute approximate surface area is 187 Å². The third-order valence-corrected chi connectivity index (χ3v) is 4.11. The van der Waals surface area contributed by atoms with Crippen molar-refractivity contribution in [2.45, 2.75) is 27.7 Å². The van der Waals surface area contributed by atoms with Gasteiger partial charge in [-0.15, -0.1) is 0 Å². The van der Waals surface area contributed by atoms with Crippen molar-refractivity contribution in [1.29, 1.82) is 5.26 Å². The van der Waals surface area contributed by atoms with Crippen LogP contribution in [0.2, 0.25) is 0 Å². The van der Waals surface area contributed by atoms with Gasteiger partial charge in [0, 0.05) is 19.0 Å². The summed E-state index contributed by atoms with van der Waals surface area (Å²) in [6.45, 7) is 11.6. The van der Waals surface area contributed by atoms with E-state index in [4.69, 9.17) is 15.2 Å². The third kappa shape index (κ3) is 6.71. The Bertz CT molecular complexity index is 1130. The molecule has 0 saturated carbocycles. The van der Waals surface area contributed by atoms with Gasteiger partial charge in [0.1, 0.15) is 11.3 Å². The number of hydrogen-bond donors (Lipinski definition) is 3. The fourth-order valence-corrected chi connectivity index (χ4v) is 2.74. The van der Waals surface area contributed by atoms with Crippen LogP contribution in [0.25, 0.3) is 16.5 Å². The van der Waals surface area contributed by atoms with E-state index in [2.05, 4.69) is 18.0 Å². The molecule has 0 bridgehead atoms. The first-order valence-corrected chi connectivity index (χ1v) is 9.92. The lowest BCUT2D eigenvalue weighted by atomic mass is 10.0. The molecule has 0 fully saturated rings. The number of aromatic nitrogens is 1. The quantitative estimate of drug-likeness (QED) is 0.369. The van der Waals surface area contributed by atoms with Gasteiger partial charge in [-0.2, -0.15) is 5.26 Å². The van der Waals surface area contributed by atoms with Gasteiger partial charge in [0.25, 0.3) is 17.9 Å². The molecule has 170 valence electrons. The van der Waals surface area contributed by atoms with Crippen molar-refractivity contribution in [3.8, 4) is 11.8 Å². The number of aryl methyl sites for hydroxylation is 1. The highest BCUT2D eigenvalue weighted by atomic mass is 16.3. The van der Waals surface area contributed by atoms with Crippen LogP contribution in [0.4, 0.5) is 0 Å². The molecule has 0 aliphatic rings. The fraction of sp³-hybridized carbons (Fsp3) is 0.250. The summed E-state index contributed by atoms with van der Waals surface area (Å²) in [7, 11) is 1.54. The lowest BCUT2D eigenvalue weighted by Gasteiger charge is -2.13. The van der Waals surface area contributed by atoms with Crippen molar-refractivity contribution in [3.05, 3.63) is 70.1 Å². The number of hydrogen-bond acceptors (Lipinski definition) is 5. The number of benzene rings is 1. The largest absolute Gasteiger partial charge is 0.506 e. The Morgan fingerprint density at radius 3 is 2.44 bits per heavy atom. The predicted octanol–water partition coefficient (Wildman–Crippen LogP) is 3.76. The van der Waals surface area contributed by atoms with Crippen LogP contribution in [0, 0.1) is 11.3 Å². The summed E-state index contributed by atoms with van der Waals surface area (Å²) in [5.74, 6) is -0.961. The predicted molar refractivity (Wildman–Crippen MR) is 126 cm³/mol. The minimum Gasteiger partial charge on any atom is -0.506 e. The lowest BCUT2D eigenvalue weighted by molar-refractivity contribution is -0.122. The molecule has 0 aliphatic carbocycles. The standard InChI is InChI=1S/C21H21N3O3.C2H6.CH2O2/c1-5-7-14(12-22)10-13(3)15-8-9-16-17(11-15)24(4)21(27)18(19(16)25)20(26)23-6-2;1-2;2-1-3/h5,7-11,25H,3,6H2,1-2,4H3,(H,23,26);1-2H3;1H,(H,2,3)/b7-5-,14-10+;;. The second-order valence-electron chi connectivity index (χ2n) is 6.02. The first-order valence-electron chi connectivity index (χ1n) is 9.92. The number of amides is 1. The molecule has 8 heteroatoms. The van der Waals surface area contributed by atoms with Gasteiger partial charge in [0.15, 0.2) is 0 Å². The number of rotatable bonds is 5. The van der Waals surface area contributed by atoms with E-state index in [1.807, 2.05) is 20.8 Å². The van der Waals surface area contributed by atoms with E-state index < -0.39 is 11.5 Å². The Morgan fingerprint density at radius 1 is 1.34 bits per heavy atom. The van der Waals surface area contributed by atoms with Crippen molar-refractivity contribution in [1.82, 2.24) is 9.88 Å². The number of aromatic hydroxyl groups is 1. The van der Waals surface area contributed by atoms with Crippen molar-refractivity contribution in [3.63, 3.8) is 0 Å². The minimum absolute atomic E-state index is 0.250. The maximum Gasteiger partial charge on any atom is 0.290 e. The Morgan fingerprint density at radius 2 is 1.94 bits per heavy atom. The molecule has 0 saturated heterocycles. The molecular formula is C24H29N3O5. The number of allylic oxidation sites excluding steroid dienone is 5. The van der Waals surface area contributed by atoms with Gasteiger partial charge in [-0.3, -0.25) is 14.4 Å². The van der Waals surface area contributed by atoms with E-state index in [0.29, 0.717) is 34.2 Å². The van der Waals surface area contributed by atoms with Gasteiger partial charge in [0.05, 0.1) is 17.2 Å². The van der Waals surface area contributed by atoms with Gasteiger partial charge in [-0.05, 0) is 49.3 Å². The van der Waals surface area contributed by atoms with Crippen molar-refractivity contribution >= 4 is 28.9 Å². The maximum absolute atomic E-state index is 12.6. The number of nitrogens with one attached hydrogen (secondary N) is 1. The topological polar surface area (TPSA) is 132 Å². The first-order chi connectivity index (χ1) is 15.3. The Kier molecular flexibility index (Phi) is 12.2. The van der Waals surface area contributed by atoms with E-state index in [9.17, 15) is 14.7 Å². The number of carbonyl (C=O) groups is 2. The Hall–Kier alpha value is -4.12. The van der Waals surface area contributed by atoms with E-state index in [1.54, 1.807) is 43.4 Å². The van der Waals surface area contributed by atoms with Crippen LogP contribution >= 0.6 is 0 Å². The molecule has 0 spiro atoms. The zero-order valence-electron chi connectivity index (χ0n) is 19.0. The first kappa shape index (κ1) is 27.9. The average Bonchev–Trinajstić information content (AvgIpc) is 2.79. The van der Waals surface area contributed by atoms with Gasteiger partial charge in [-0.25, -0.2) is 0 Å². The van der Waals surface area contributed by atoms with E-state index >= 15 is 0 Å². The molecule has 2 aromatic rings. The number of carboxylic acid groups (broad SMARTS) is 1. The molecule has 32 heavy (non-hydrogen) atoms. The summed E-state index contributed by atoms with van der Waals surface area (Å²) in [6.07, 6.45) is 5.07. The molecule has 0 atom stereocenters. The summed E-state index contributed by atoms with van der Waals surface area (Å²) in [5.41, 5.74) is 1.33. The highest BCUT2D eigenvalue weighted by Gasteiger charge is 2.20. The normalized spacial score (nSPS) is 10.3. The zero-order valence-corrected chi connectivity index (χ0v) is 19.0. The molecule has 8 nitrogen and oxygen atoms in total. The van der Waals surface area contributed by atoms with Crippen LogP contribution in [-0.2, 0) is 11.8 Å². The third-order valence-electron chi connectivity index (χ3n) is 4.11. The number of nitriles is 1. The van der Waals surface area contributed by atoms with Crippen LogP contribution in [0.3, 0.4) is 0 Å². The molecule has 0 aliphatic heterocycles. The molecule has 0 radical (unpaired) electrons. The number of fused-ring (bicyclic) bond motifs is 1. The van der Waals surface area contributed by atoms with Gasteiger partial charge < -0.3 is 20.1 Å². The molecular weight excluding hydrogens is 410 g/mol. The molecule has 1 amide bonds. The van der Waals surface area contributed by atoms with Crippen molar-refractivity contribution in [2.75, 3.05) is 6.54 Å². The monoisotopic (exact) mass is 439 g/mol. The average molecular weight is 440 g/mol. The zero-order chi connectivity index (χ0) is 24.8. The van der Waals surface area contributed by atoms with E-state index in [0.717, 1.165) is 0 Å². The van der Waals surface area contributed by atoms with Crippen molar-refractivity contribution < 1.29 is 19.8 Å². The molecule has 1 aromatic heterocycles. The van der Waals surface area contributed by atoms with Gasteiger partial charge >= 0.3 is 0 Å². The second kappa shape index (κ2) is 14.0. The highest BCUT2D eigenvalue weighted by Crippen LogP contribution is 2.29. The number of carbonyl (C=O) groups excluding carboxylic acids is 1. The van der Waals surface area contributed by atoms with Crippen LogP contribution in [-0.4, -0.2) is 33.7 Å². The highest BCUT2D eigenvalue weighted by molar-refractivity contribution is 6.02. The summed E-state index contributed by atoms with van der Waals surface area (Å²) < 4.78 is 1.32. The van der Waals surface area contributed by atoms with Gasteiger partial charge in [0.2, 0.25) is 0 Å². The van der Waals surface area contributed by atoms with Crippen molar-refractivity contribution in [2.24, 2.45) is 7.05 Å². The number of nitrogens with zero attached hydrogens (tertiary/aromatic N) is 2. The molecule has 2 rings (SSSR count). The van der Waals surface area contributed by atoms with Gasteiger partial charge in [-0.1, -0.05) is 32.6 Å². The van der Waals surface area contributed by atoms with Crippen LogP contribution in [0.5, 0.6) is 5.75 Å². The maximum atomic E-state index is 12.6. The van der Waals surface area contributed by atoms with E-state index in [-0.39, 0.29) is 17.8 Å². The van der Waals surface area contributed by atoms with Crippen LogP contribution in [0.15, 0.2) is 53.4 Å². The van der Waals surface area contributed by atoms with Crippen LogP contribution < -0.4 is 10.9 Å². The summed E-state index contributed by atoms with van der Waals surface area (Å²) in [6, 6.07) is 7.12. The summed E-state index contributed by atoms with van der Waals surface area (Å²) in [5, 5.41) is 29.4.